The zero-order chi connectivity index (χ0) is 12.7. The van der Waals surface area contributed by atoms with Crippen LogP contribution in [-0.4, -0.2) is 24.7 Å². The monoisotopic (exact) mass is 235 g/mol. The van der Waals surface area contributed by atoms with Gasteiger partial charge >= 0.3 is 0 Å². The summed E-state index contributed by atoms with van der Waals surface area (Å²) in [5.41, 5.74) is 11.9. The lowest BCUT2D eigenvalue weighted by Gasteiger charge is -2.17. The number of nitrogens with zero attached hydrogens (tertiary/aromatic N) is 1. The fraction of sp³-hybridized carbons (Fsp3) is 0.462. The third kappa shape index (κ3) is 5.36. The molecule has 4 heteroatoms. The zero-order valence-corrected chi connectivity index (χ0v) is 10.5. The van der Waals surface area contributed by atoms with E-state index in [4.69, 9.17) is 16.2 Å². The highest BCUT2D eigenvalue weighted by Gasteiger charge is 2.11. The van der Waals surface area contributed by atoms with E-state index in [0.29, 0.717) is 6.61 Å². The standard InChI is InChI=1S/C13H21N3O/c1-10(16-13(14)15)11(2)17-9-8-12-6-4-3-5-7-12/h3-7,10-11H,8-9H2,1-2H3,(H4,14,15,16). The van der Waals surface area contributed by atoms with E-state index in [1.165, 1.54) is 5.56 Å². The molecular formula is C13H21N3O. The topological polar surface area (TPSA) is 73.6 Å². The quantitative estimate of drug-likeness (QED) is 0.576. The van der Waals surface area contributed by atoms with E-state index in [9.17, 15) is 0 Å². The van der Waals surface area contributed by atoms with Crippen LogP contribution < -0.4 is 11.5 Å². The SMILES string of the molecule is CC(N=C(N)N)C(C)OCCc1ccccc1. The Morgan fingerprint density at radius 1 is 1.24 bits per heavy atom. The molecule has 1 rings (SSSR count). The van der Waals surface area contributed by atoms with Gasteiger partial charge in [0.2, 0.25) is 0 Å². The van der Waals surface area contributed by atoms with Gasteiger partial charge in [-0.25, -0.2) is 4.99 Å². The van der Waals surface area contributed by atoms with E-state index in [1.807, 2.05) is 32.0 Å². The molecule has 0 bridgehead atoms. The van der Waals surface area contributed by atoms with Crippen LogP contribution in [0.2, 0.25) is 0 Å². The maximum Gasteiger partial charge on any atom is 0.186 e. The Morgan fingerprint density at radius 3 is 2.47 bits per heavy atom. The molecule has 2 unspecified atom stereocenters. The number of hydrogen-bond acceptors (Lipinski definition) is 2. The van der Waals surface area contributed by atoms with Crippen LogP contribution in [0.15, 0.2) is 35.3 Å². The van der Waals surface area contributed by atoms with Crippen molar-refractivity contribution in [2.24, 2.45) is 16.5 Å². The molecule has 0 fully saturated rings. The first kappa shape index (κ1) is 13.5. The summed E-state index contributed by atoms with van der Waals surface area (Å²) in [5.74, 6) is 0.107. The van der Waals surface area contributed by atoms with Crippen LogP contribution in [0.1, 0.15) is 19.4 Å². The van der Waals surface area contributed by atoms with Crippen molar-refractivity contribution in [3.8, 4) is 0 Å². The lowest BCUT2D eigenvalue weighted by atomic mass is 10.1. The molecule has 94 valence electrons. The Hall–Kier alpha value is -1.55. The smallest absolute Gasteiger partial charge is 0.186 e. The minimum Gasteiger partial charge on any atom is -0.376 e. The largest absolute Gasteiger partial charge is 0.376 e. The normalized spacial score (nSPS) is 14.0. The van der Waals surface area contributed by atoms with Gasteiger partial charge in [-0.3, -0.25) is 0 Å². The molecule has 1 aromatic rings. The van der Waals surface area contributed by atoms with Gasteiger partial charge in [0, 0.05) is 0 Å². The van der Waals surface area contributed by atoms with Crippen molar-refractivity contribution in [3.05, 3.63) is 35.9 Å². The van der Waals surface area contributed by atoms with Gasteiger partial charge in [-0.05, 0) is 25.8 Å². The Balaban J connectivity index is 2.29. The van der Waals surface area contributed by atoms with Crippen LogP contribution in [0.4, 0.5) is 0 Å². The summed E-state index contributed by atoms with van der Waals surface area (Å²) < 4.78 is 5.69. The summed E-state index contributed by atoms with van der Waals surface area (Å²) in [6, 6.07) is 10.2. The third-order valence-corrected chi connectivity index (χ3v) is 2.65. The van der Waals surface area contributed by atoms with Gasteiger partial charge in [-0.2, -0.15) is 0 Å². The third-order valence-electron chi connectivity index (χ3n) is 2.65. The first-order valence-electron chi connectivity index (χ1n) is 5.84. The first-order valence-corrected chi connectivity index (χ1v) is 5.84. The Bertz CT molecular complexity index is 347. The van der Waals surface area contributed by atoms with Crippen molar-refractivity contribution >= 4 is 5.96 Å². The molecular weight excluding hydrogens is 214 g/mol. The van der Waals surface area contributed by atoms with Gasteiger partial charge in [0.15, 0.2) is 5.96 Å². The molecule has 0 saturated heterocycles. The average molecular weight is 235 g/mol. The highest BCUT2D eigenvalue weighted by atomic mass is 16.5. The van der Waals surface area contributed by atoms with Gasteiger partial charge in [0.05, 0.1) is 18.8 Å². The molecule has 0 aliphatic carbocycles. The number of aliphatic imine (C=N–C) groups is 1. The predicted molar refractivity (Wildman–Crippen MR) is 70.8 cm³/mol. The van der Waals surface area contributed by atoms with Crippen LogP contribution >= 0.6 is 0 Å². The van der Waals surface area contributed by atoms with Gasteiger partial charge in [-0.1, -0.05) is 30.3 Å². The molecule has 0 amide bonds. The van der Waals surface area contributed by atoms with E-state index >= 15 is 0 Å². The molecule has 2 atom stereocenters. The molecule has 1 aromatic carbocycles. The first-order chi connectivity index (χ1) is 8.09. The number of hydrogen-bond donors (Lipinski definition) is 2. The summed E-state index contributed by atoms with van der Waals surface area (Å²) in [5, 5.41) is 0. The maximum absolute atomic E-state index is 5.69. The molecule has 0 saturated carbocycles. The molecule has 4 N–H and O–H groups in total. The van der Waals surface area contributed by atoms with E-state index in [0.717, 1.165) is 6.42 Å². The van der Waals surface area contributed by atoms with Crippen molar-refractivity contribution in [3.63, 3.8) is 0 Å². The number of nitrogens with two attached hydrogens (primary N) is 2. The second-order valence-corrected chi connectivity index (χ2v) is 4.11. The van der Waals surface area contributed by atoms with Crippen LogP contribution in [0.25, 0.3) is 0 Å². The molecule has 0 aliphatic heterocycles. The summed E-state index contributed by atoms with van der Waals surface area (Å²) in [6.07, 6.45) is 0.917. The Labute approximate surface area is 103 Å². The molecule has 0 heterocycles. The lowest BCUT2D eigenvalue weighted by molar-refractivity contribution is 0.0549. The van der Waals surface area contributed by atoms with Crippen LogP contribution in [0, 0.1) is 0 Å². The highest BCUT2D eigenvalue weighted by Crippen LogP contribution is 2.05. The van der Waals surface area contributed by atoms with Crippen molar-refractivity contribution in [2.45, 2.75) is 32.4 Å². The van der Waals surface area contributed by atoms with Gasteiger partial charge < -0.3 is 16.2 Å². The zero-order valence-electron chi connectivity index (χ0n) is 10.5. The van der Waals surface area contributed by atoms with E-state index < -0.39 is 0 Å². The summed E-state index contributed by atoms with van der Waals surface area (Å²) in [7, 11) is 0. The molecule has 17 heavy (non-hydrogen) atoms. The minimum atomic E-state index is -0.0178. The van der Waals surface area contributed by atoms with E-state index in [1.54, 1.807) is 0 Å². The van der Waals surface area contributed by atoms with Crippen molar-refractivity contribution in [1.29, 1.82) is 0 Å². The molecule has 4 nitrogen and oxygen atoms in total. The molecule has 0 aliphatic rings. The van der Waals surface area contributed by atoms with Crippen molar-refractivity contribution < 1.29 is 4.74 Å². The predicted octanol–water partition coefficient (Wildman–Crippen LogP) is 1.30. The van der Waals surface area contributed by atoms with Crippen LogP contribution in [-0.2, 0) is 11.2 Å². The maximum atomic E-state index is 5.69. The Morgan fingerprint density at radius 2 is 1.88 bits per heavy atom. The second-order valence-electron chi connectivity index (χ2n) is 4.11. The highest BCUT2D eigenvalue weighted by molar-refractivity contribution is 5.75. The van der Waals surface area contributed by atoms with E-state index in [-0.39, 0.29) is 18.1 Å². The molecule has 0 radical (unpaired) electrons. The van der Waals surface area contributed by atoms with Crippen molar-refractivity contribution in [2.75, 3.05) is 6.61 Å². The average Bonchev–Trinajstić information content (AvgIpc) is 2.29. The molecule has 0 spiro atoms. The lowest BCUT2D eigenvalue weighted by Crippen LogP contribution is -2.30. The summed E-state index contributed by atoms with van der Waals surface area (Å²) >= 11 is 0. The van der Waals surface area contributed by atoms with Crippen LogP contribution in [0.5, 0.6) is 0 Å². The van der Waals surface area contributed by atoms with Gasteiger partial charge in [0.1, 0.15) is 0 Å². The second kappa shape index (κ2) is 6.91. The fourth-order valence-electron chi connectivity index (χ4n) is 1.49. The number of ether oxygens (including phenoxy) is 1. The van der Waals surface area contributed by atoms with Gasteiger partial charge in [-0.15, -0.1) is 0 Å². The van der Waals surface area contributed by atoms with Crippen LogP contribution in [0.3, 0.4) is 0 Å². The Kier molecular flexibility index (Phi) is 5.49. The fourth-order valence-corrected chi connectivity index (χ4v) is 1.49. The summed E-state index contributed by atoms with van der Waals surface area (Å²) in [4.78, 5) is 4.05. The molecule has 0 aromatic heterocycles. The summed E-state index contributed by atoms with van der Waals surface area (Å²) in [6.45, 7) is 4.59. The van der Waals surface area contributed by atoms with Crippen molar-refractivity contribution in [1.82, 2.24) is 0 Å². The minimum absolute atomic E-state index is 0.0146. The van der Waals surface area contributed by atoms with E-state index in [2.05, 4.69) is 17.1 Å². The number of benzene rings is 1. The number of guanidine groups is 1. The van der Waals surface area contributed by atoms with Gasteiger partial charge in [0.25, 0.3) is 0 Å². The number of rotatable bonds is 6.